The summed E-state index contributed by atoms with van der Waals surface area (Å²) in [5, 5.41) is 2.45. The van der Waals surface area contributed by atoms with Crippen LogP contribution in [-0.4, -0.2) is 18.0 Å². The first-order chi connectivity index (χ1) is 13.5. The van der Waals surface area contributed by atoms with Crippen LogP contribution in [0, 0.1) is 0 Å². The van der Waals surface area contributed by atoms with E-state index in [-0.39, 0.29) is 30.0 Å². The Kier molecular flexibility index (Phi) is 6.76. The summed E-state index contributed by atoms with van der Waals surface area (Å²) in [4.78, 5) is 16.1. The van der Waals surface area contributed by atoms with Crippen LogP contribution < -0.4 is 10.1 Å². The molecule has 158 valence electrons. The summed E-state index contributed by atoms with van der Waals surface area (Å²) in [5.74, 6) is -1.61. The maximum absolute atomic E-state index is 12.9. The van der Waals surface area contributed by atoms with Crippen molar-refractivity contribution in [2.24, 2.45) is 0 Å². The van der Waals surface area contributed by atoms with Crippen LogP contribution >= 0.6 is 0 Å². The number of pyridine rings is 1. The van der Waals surface area contributed by atoms with E-state index >= 15 is 0 Å². The first-order valence-electron chi connectivity index (χ1n) is 8.52. The Hall–Kier alpha value is -2.78. The molecule has 0 bridgehead atoms. The molecule has 4 nitrogen and oxygen atoms in total. The molecular weight excluding hydrogens is 402 g/mol. The average molecular weight is 420 g/mol. The van der Waals surface area contributed by atoms with Crippen LogP contribution in [0.5, 0.6) is 5.88 Å². The third-order valence-electron chi connectivity index (χ3n) is 4.24. The molecule has 2 rings (SSSR count). The predicted molar refractivity (Wildman–Crippen MR) is 92.1 cm³/mol. The molecule has 0 fully saturated rings. The quantitative estimate of drug-likeness (QED) is 0.674. The van der Waals surface area contributed by atoms with Gasteiger partial charge in [-0.3, -0.25) is 4.79 Å². The average Bonchev–Trinajstić information content (AvgIpc) is 2.65. The summed E-state index contributed by atoms with van der Waals surface area (Å²) in [6.45, 7) is 1.30. The highest BCUT2D eigenvalue weighted by molar-refractivity contribution is 5.83. The molecule has 10 heteroatoms. The molecule has 1 atom stereocenters. The van der Waals surface area contributed by atoms with Gasteiger partial charge in [-0.05, 0) is 24.1 Å². The number of carbonyl (C=O) groups is 1. The number of halogens is 6. The Bertz CT molecular complexity index is 865. The third kappa shape index (κ3) is 5.61. The SMILES string of the molecule is CC[C@H](C(=O)NCc1cc(C(F)(F)F)cnc1OC)c1cccc(C(F)(F)F)c1. The minimum atomic E-state index is -4.62. The number of amides is 1. The van der Waals surface area contributed by atoms with E-state index in [1.54, 1.807) is 6.92 Å². The molecule has 1 N–H and O–H groups in total. The molecule has 1 heterocycles. The van der Waals surface area contributed by atoms with Crippen LogP contribution in [0.25, 0.3) is 0 Å². The minimum Gasteiger partial charge on any atom is -0.481 e. The number of carbonyl (C=O) groups excluding carboxylic acids is 1. The van der Waals surface area contributed by atoms with Gasteiger partial charge in [0.15, 0.2) is 0 Å². The number of hydrogen-bond donors (Lipinski definition) is 1. The first kappa shape index (κ1) is 22.5. The summed E-state index contributed by atoms with van der Waals surface area (Å²) in [6.07, 6.45) is -8.36. The number of nitrogens with one attached hydrogen (secondary N) is 1. The second-order valence-electron chi connectivity index (χ2n) is 6.19. The normalized spacial score (nSPS) is 13.1. The van der Waals surface area contributed by atoms with Crippen molar-refractivity contribution < 1.29 is 35.9 Å². The Labute approximate surface area is 162 Å². The predicted octanol–water partition coefficient (Wildman–Crippen LogP) is 4.94. The van der Waals surface area contributed by atoms with Crippen LogP contribution in [0.4, 0.5) is 26.3 Å². The second kappa shape index (κ2) is 8.71. The van der Waals surface area contributed by atoms with Crippen LogP contribution in [0.1, 0.15) is 41.5 Å². The number of rotatable bonds is 6. The lowest BCUT2D eigenvalue weighted by atomic mass is 9.94. The summed E-state index contributed by atoms with van der Waals surface area (Å²) >= 11 is 0. The van der Waals surface area contributed by atoms with Crippen LogP contribution in [-0.2, 0) is 23.7 Å². The van der Waals surface area contributed by atoms with Crippen molar-refractivity contribution in [3.63, 3.8) is 0 Å². The Morgan fingerprint density at radius 3 is 2.31 bits per heavy atom. The number of ether oxygens (including phenoxy) is 1. The summed E-state index contributed by atoms with van der Waals surface area (Å²) in [5.41, 5.74) is -1.74. The van der Waals surface area contributed by atoms with E-state index in [0.29, 0.717) is 6.20 Å². The van der Waals surface area contributed by atoms with E-state index in [2.05, 4.69) is 10.3 Å². The van der Waals surface area contributed by atoms with Gasteiger partial charge >= 0.3 is 12.4 Å². The zero-order valence-corrected chi connectivity index (χ0v) is 15.5. The minimum absolute atomic E-state index is 0.00503. The third-order valence-corrected chi connectivity index (χ3v) is 4.24. The van der Waals surface area contributed by atoms with Crippen molar-refractivity contribution in [1.29, 1.82) is 0 Å². The highest BCUT2D eigenvalue weighted by Crippen LogP contribution is 2.33. The van der Waals surface area contributed by atoms with Crippen molar-refractivity contribution in [3.8, 4) is 5.88 Å². The van der Waals surface area contributed by atoms with Crippen molar-refractivity contribution in [2.45, 2.75) is 38.2 Å². The lowest BCUT2D eigenvalue weighted by Gasteiger charge is -2.18. The van der Waals surface area contributed by atoms with Gasteiger partial charge in [-0.15, -0.1) is 0 Å². The number of methoxy groups -OCH3 is 1. The zero-order chi connectivity index (χ0) is 21.8. The number of benzene rings is 1. The van der Waals surface area contributed by atoms with Gasteiger partial charge in [0, 0.05) is 18.3 Å². The summed E-state index contributed by atoms with van der Waals surface area (Å²) in [6, 6.07) is 5.19. The molecule has 1 aromatic heterocycles. The topological polar surface area (TPSA) is 51.2 Å². The highest BCUT2D eigenvalue weighted by Gasteiger charge is 2.33. The molecule has 2 aromatic rings. The number of aromatic nitrogens is 1. The van der Waals surface area contributed by atoms with E-state index in [1.807, 2.05) is 0 Å². The largest absolute Gasteiger partial charge is 0.481 e. The van der Waals surface area contributed by atoms with E-state index in [0.717, 1.165) is 18.2 Å². The van der Waals surface area contributed by atoms with Gasteiger partial charge in [-0.25, -0.2) is 4.98 Å². The standard InChI is InChI=1S/C19H18F6N2O2/c1-3-15(11-5-4-6-13(7-11)18(20,21)22)16(28)26-9-12-8-14(19(23,24)25)10-27-17(12)29-2/h4-8,10,15H,3,9H2,1-2H3,(H,26,28)/t15-/m0/s1. The molecule has 0 unspecified atom stereocenters. The van der Waals surface area contributed by atoms with E-state index in [1.165, 1.54) is 19.2 Å². The van der Waals surface area contributed by atoms with Crippen LogP contribution in [0.15, 0.2) is 36.5 Å². The van der Waals surface area contributed by atoms with Gasteiger partial charge in [0.05, 0.1) is 24.2 Å². The molecule has 0 spiro atoms. The zero-order valence-electron chi connectivity index (χ0n) is 15.5. The van der Waals surface area contributed by atoms with Crippen molar-refractivity contribution in [2.75, 3.05) is 7.11 Å². The second-order valence-corrected chi connectivity index (χ2v) is 6.19. The van der Waals surface area contributed by atoms with Gasteiger partial charge < -0.3 is 10.1 Å². The fourth-order valence-corrected chi connectivity index (χ4v) is 2.77. The van der Waals surface area contributed by atoms with E-state index < -0.39 is 35.3 Å². The first-order valence-corrected chi connectivity index (χ1v) is 8.52. The lowest BCUT2D eigenvalue weighted by molar-refractivity contribution is -0.138. The summed E-state index contributed by atoms with van der Waals surface area (Å²) in [7, 11) is 1.22. The lowest BCUT2D eigenvalue weighted by Crippen LogP contribution is -2.29. The molecule has 0 aliphatic heterocycles. The van der Waals surface area contributed by atoms with Crippen molar-refractivity contribution in [3.05, 3.63) is 58.8 Å². The molecule has 0 aliphatic carbocycles. The molecule has 0 saturated heterocycles. The monoisotopic (exact) mass is 420 g/mol. The molecule has 1 amide bonds. The molecular formula is C19H18F6N2O2. The number of nitrogens with zero attached hydrogens (tertiary/aromatic N) is 1. The van der Waals surface area contributed by atoms with Crippen LogP contribution in [0.2, 0.25) is 0 Å². The Morgan fingerprint density at radius 1 is 1.10 bits per heavy atom. The van der Waals surface area contributed by atoms with Gasteiger partial charge in [0.2, 0.25) is 11.8 Å². The Balaban J connectivity index is 2.21. The van der Waals surface area contributed by atoms with Crippen LogP contribution in [0.3, 0.4) is 0 Å². The highest BCUT2D eigenvalue weighted by atomic mass is 19.4. The summed E-state index contributed by atoms with van der Waals surface area (Å²) < 4.78 is 82.3. The molecule has 0 radical (unpaired) electrons. The van der Waals surface area contributed by atoms with Crippen molar-refractivity contribution in [1.82, 2.24) is 10.3 Å². The molecule has 1 aromatic carbocycles. The fourth-order valence-electron chi connectivity index (χ4n) is 2.77. The number of alkyl halides is 6. The number of hydrogen-bond acceptors (Lipinski definition) is 3. The van der Waals surface area contributed by atoms with Gasteiger partial charge in [0.1, 0.15) is 0 Å². The smallest absolute Gasteiger partial charge is 0.417 e. The van der Waals surface area contributed by atoms with E-state index in [9.17, 15) is 31.1 Å². The Morgan fingerprint density at radius 2 is 1.76 bits per heavy atom. The molecule has 0 saturated carbocycles. The molecule has 29 heavy (non-hydrogen) atoms. The maximum atomic E-state index is 12.9. The van der Waals surface area contributed by atoms with Gasteiger partial charge in [-0.1, -0.05) is 25.1 Å². The maximum Gasteiger partial charge on any atom is 0.417 e. The molecule has 0 aliphatic rings. The fraction of sp³-hybridized carbons (Fsp3) is 0.368. The van der Waals surface area contributed by atoms with Gasteiger partial charge in [-0.2, -0.15) is 26.3 Å². The van der Waals surface area contributed by atoms with Crippen molar-refractivity contribution >= 4 is 5.91 Å². The van der Waals surface area contributed by atoms with E-state index in [4.69, 9.17) is 4.74 Å². The van der Waals surface area contributed by atoms with Gasteiger partial charge in [0.25, 0.3) is 0 Å².